The molecule has 0 aliphatic rings. The Morgan fingerprint density at radius 1 is 1.26 bits per heavy atom. The summed E-state index contributed by atoms with van der Waals surface area (Å²) in [7, 11) is 0. The second kappa shape index (κ2) is 6.62. The first-order valence-corrected chi connectivity index (χ1v) is 8.48. The lowest BCUT2D eigenvalue weighted by atomic mass is 9.99. The third-order valence-corrected chi connectivity index (χ3v) is 4.29. The zero-order valence-corrected chi connectivity index (χ0v) is 14.7. The van der Waals surface area contributed by atoms with Gasteiger partial charge >= 0.3 is 0 Å². The zero-order chi connectivity index (χ0) is 16.4. The van der Waals surface area contributed by atoms with E-state index in [9.17, 15) is 4.79 Å². The molecule has 2 heterocycles. The topological polar surface area (TPSA) is 47.3 Å². The van der Waals surface area contributed by atoms with Gasteiger partial charge < -0.3 is 0 Å². The first-order valence-electron chi connectivity index (χ1n) is 7.68. The Kier molecular flexibility index (Phi) is 4.57. The molecule has 3 rings (SSSR count). The van der Waals surface area contributed by atoms with Crippen LogP contribution in [0.5, 0.6) is 0 Å². The number of Topliss-reactive ketones (excluding diaryl/α,β-unsaturated/α-hetero) is 1. The molecule has 3 aromatic rings. The van der Waals surface area contributed by atoms with Crippen LogP contribution in [-0.2, 0) is 0 Å². The van der Waals surface area contributed by atoms with E-state index in [0.29, 0.717) is 12.3 Å². The van der Waals surface area contributed by atoms with Crippen molar-refractivity contribution in [2.45, 2.75) is 26.7 Å². The molecule has 0 amide bonds. The Bertz CT molecular complexity index is 854. The Hall–Kier alpha value is -2.01. The van der Waals surface area contributed by atoms with Crippen molar-refractivity contribution in [2.24, 2.45) is 5.92 Å². The number of aromatic nitrogens is 3. The van der Waals surface area contributed by atoms with Crippen LogP contribution >= 0.6 is 15.9 Å². The third kappa shape index (κ3) is 3.50. The number of ketones is 1. The second-order valence-electron chi connectivity index (χ2n) is 6.01. The van der Waals surface area contributed by atoms with Crippen molar-refractivity contribution in [2.75, 3.05) is 0 Å². The van der Waals surface area contributed by atoms with Gasteiger partial charge in [-0.25, -0.2) is 9.50 Å². The molecule has 0 aliphatic carbocycles. The predicted molar refractivity (Wildman–Crippen MR) is 94.5 cm³/mol. The number of carbonyl (C=O) groups excluding carboxylic acids is 1. The van der Waals surface area contributed by atoms with Crippen LogP contribution < -0.4 is 0 Å². The van der Waals surface area contributed by atoms with E-state index in [2.05, 4.69) is 39.9 Å². The van der Waals surface area contributed by atoms with Crippen LogP contribution in [-0.4, -0.2) is 20.4 Å². The molecule has 5 heteroatoms. The molecule has 0 spiro atoms. The molecule has 0 bridgehead atoms. The first-order chi connectivity index (χ1) is 11.0. The van der Waals surface area contributed by atoms with Crippen LogP contribution in [0.25, 0.3) is 16.9 Å². The van der Waals surface area contributed by atoms with Crippen LogP contribution in [0.2, 0.25) is 0 Å². The maximum atomic E-state index is 12.3. The number of hydrogen-bond donors (Lipinski definition) is 0. The number of rotatable bonds is 5. The number of hydrogen-bond acceptors (Lipinski definition) is 3. The van der Waals surface area contributed by atoms with Crippen LogP contribution in [0.1, 0.15) is 37.0 Å². The summed E-state index contributed by atoms with van der Waals surface area (Å²) >= 11 is 3.43. The lowest BCUT2D eigenvalue weighted by Crippen LogP contribution is -2.02. The van der Waals surface area contributed by atoms with Crippen molar-refractivity contribution < 1.29 is 4.79 Å². The molecule has 2 aromatic heterocycles. The molecule has 0 aliphatic heterocycles. The van der Waals surface area contributed by atoms with E-state index < -0.39 is 0 Å². The minimum Gasteiger partial charge on any atom is -0.294 e. The zero-order valence-electron chi connectivity index (χ0n) is 13.2. The summed E-state index contributed by atoms with van der Waals surface area (Å²) in [6, 6.07) is 11.5. The fraction of sp³-hybridized carbons (Fsp3) is 0.278. The molecule has 0 saturated heterocycles. The third-order valence-electron chi connectivity index (χ3n) is 3.75. The molecular formula is C18H18BrN3O. The van der Waals surface area contributed by atoms with E-state index in [-0.39, 0.29) is 5.78 Å². The van der Waals surface area contributed by atoms with Gasteiger partial charge in [-0.05, 0) is 46.5 Å². The van der Waals surface area contributed by atoms with Gasteiger partial charge in [0, 0.05) is 17.5 Å². The molecule has 0 N–H and O–H groups in total. The summed E-state index contributed by atoms with van der Waals surface area (Å²) in [6.45, 7) is 4.26. The molecule has 0 unspecified atom stereocenters. The summed E-state index contributed by atoms with van der Waals surface area (Å²) in [4.78, 5) is 16.6. The van der Waals surface area contributed by atoms with Crippen LogP contribution in [0.4, 0.5) is 0 Å². The van der Waals surface area contributed by atoms with E-state index >= 15 is 0 Å². The highest BCUT2D eigenvalue weighted by atomic mass is 79.9. The molecule has 1 aromatic carbocycles. The Morgan fingerprint density at radius 2 is 2.09 bits per heavy atom. The second-order valence-corrected chi connectivity index (χ2v) is 6.82. The maximum Gasteiger partial charge on any atom is 0.162 e. The molecule has 0 radical (unpaired) electrons. The Labute approximate surface area is 143 Å². The standard InChI is InChI=1S/C18H18BrN3O/c1-12(2)6-8-16(23)14-5-3-4-13(10-14)15-7-9-18-20-11-17(19)22(18)21-15/h3-5,7,9-12H,6,8H2,1-2H3. The van der Waals surface area contributed by atoms with E-state index in [1.165, 1.54) is 0 Å². The van der Waals surface area contributed by atoms with Crippen molar-refractivity contribution in [3.05, 3.63) is 52.8 Å². The normalized spacial score (nSPS) is 11.3. The SMILES string of the molecule is CC(C)CCC(=O)c1cccc(-c2ccc3ncc(Br)n3n2)c1. The lowest BCUT2D eigenvalue weighted by molar-refractivity contribution is 0.0975. The number of benzene rings is 1. The van der Waals surface area contributed by atoms with Gasteiger partial charge in [0.25, 0.3) is 0 Å². The molecular weight excluding hydrogens is 354 g/mol. The number of imidazole rings is 1. The van der Waals surface area contributed by atoms with E-state index in [4.69, 9.17) is 0 Å². The van der Waals surface area contributed by atoms with Crippen molar-refractivity contribution in [1.29, 1.82) is 0 Å². The largest absolute Gasteiger partial charge is 0.294 e. The van der Waals surface area contributed by atoms with E-state index in [1.54, 1.807) is 10.7 Å². The minimum atomic E-state index is 0.186. The van der Waals surface area contributed by atoms with Gasteiger partial charge in [-0.2, -0.15) is 5.10 Å². The molecule has 4 nitrogen and oxygen atoms in total. The molecule has 0 atom stereocenters. The van der Waals surface area contributed by atoms with Crippen molar-refractivity contribution in [3.63, 3.8) is 0 Å². The Balaban J connectivity index is 1.91. The van der Waals surface area contributed by atoms with Gasteiger partial charge in [-0.1, -0.05) is 32.0 Å². The molecule has 118 valence electrons. The predicted octanol–water partition coefficient (Wildman–Crippen LogP) is 4.78. The van der Waals surface area contributed by atoms with Gasteiger partial charge in [-0.3, -0.25) is 4.79 Å². The number of carbonyl (C=O) groups is 1. The van der Waals surface area contributed by atoms with E-state index in [0.717, 1.165) is 33.5 Å². The number of fused-ring (bicyclic) bond motifs is 1. The first kappa shape index (κ1) is 15.9. The molecule has 0 saturated carbocycles. The summed E-state index contributed by atoms with van der Waals surface area (Å²) in [5, 5.41) is 4.58. The van der Waals surface area contributed by atoms with Gasteiger partial charge in [-0.15, -0.1) is 0 Å². The number of halogens is 1. The van der Waals surface area contributed by atoms with Gasteiger partial charge in [0.2, 0.25) is 0 Å². The lowest BCUT2D eigenvalue weighted by Gasteiger charge is -2.07. The summed E-state index contributed by atoms with van der Waals surface area (Å²) in [6.07, 6.45) is 3.22. The average Bonchev–Trinajstić information content (AvgIpc) is 2.93. The highest BCUT2D eigenvalue weighted by Gasteiger charge is 2.10. The van der Waals surface area contributed by atoms with Crippen LogP contribution in [0.3, 0.4) is 0 Å². The average molecular weight is 372 g/mol. The van der Waals surface area contributed by atoms with Gasteiger partial charge in [0.05, 0.1) is 11.9 Å². The highest BCUT2D eigenvalue weighted by Crippen LogP contribution is 2.21. The number of nitrogens with zero attached hydrogens (tertiary/aromatic N) is 3. The van der Waals surface area contributed by atoms with Crippen LogP contribution in [0.15, 0.2) is 47.2 Å². The maximum absolute atomic E-state index is 12.3. The summed E-state index contributed by atoms with van der Waals surface area (Å²) in [5.41, 5.74) is 3.28. The smallest absolute Gasteiger partial charge is 0.162 e. The monoisotopic (exact) mass is 371 g/mol. The van der Waals surface area contributed by atoms with Crippen LogP contribution in [0, 0.1) is 5.92 Å². The van der Waals surface area contributed by atoms with Gasteiger partial charge in [0.15, 0.2) is 11.4 Å². The fourth-order valence-corrected chi connectivity index (χ4v) is 2.78. The Morgan fingerprint density at radius 3 is 2.87 bits per heavy atom. The van der Waals surface area contributed by atoms with E-state index in [1.807, 2.05) is 36.4 Å². The molecule has 0 fully saturated rings. The van der Waals surface area contributed by atoms with Crippen molar-refractivity contribution >= 4 is 27.4 Å². The highest BCUT2D eigenvalue weighted by molar-refractivity contribution is 9.10. The summed E-state index contributed by atoms with van der Waals surface area (Å²) in [5.74, 6) is 0.718. The fourth-order valence-electron chi connectivity index (χ4n) is 2.42. The minimum absolute atomic E-state index is 0.186. The quantitative estimate of drug-likeness (QED) is 0.606. The summed E-state index contributed by atoms with van der Waals surface area (Å²) < 4.78 is 2.54. The van der Waals surface area contributed by atoms with Crippen molar-refractivity contribution in [1.82, 2.24) is 14.6 Å². The van der Waals surface area contributed by atoms with Crippen molar-refractivity contribution in [3.8, 4) is 11.3 Å². The van der Waals surface area contributed by atoms with Gasteiger partial charge in [0.1, 0.15) is 4.60 Å². The molecule has 23 heavy (non-hydrogen) atoms.